The summed E-state index contributed by atoms with van der Waals surface area (Å²) in [6.07, 6.45) is 2.14. The third kappa shape index (κ3) is 1.76. The number of halogens is 1. The summed E-state index contributed by atoms with van der Waals surface area (Å²) in [6.45, 7) is 4.11. The minimum Gasteiger partial charge on any atom is -0.294 e. The number of hydrogen-bond acceptors (Lipinski definition) is 1. The van der Waals surface area contributed by atoms with Crippen LogP contribution in [0, 0.1) is 19.8 Å². The minimum atomic E-state index is 0.299. The Bertz CT molecular complexity index is 392. The lowest BCUT2D eigenvalue weighted by molar-refractivity contribution is 0.0967. The van der Waals surface area contributed by atoms with Crippen molar-refractivity contribution in [1.29, 1.82) is 0 Å². The van der Waals surface area contributed by atoms with Gasteiger partial charge in [0.15, 0.2) is 5.78 Å². The van der Waals surface area contributed by atoms with Crippen LogP contribution in [-0.2, 0) is 0 Å². The van der Waals surface area contributed by atoms with E-state index in [0.717, 1.165) is 22.9 Å². The van der Waals surface area contributed by atoms with Crippen LogP contribution in [-0.4, -0.2) is 5.78 Å². The van der Waals surface area contributed by atoms with Gasteiger partial charge in [0.2, 0.25) is 0 Å². The van der Waals surface area contributed by atoms with Crippen LogP contribution in [0.3, 0.4) is 0 Å². The SMILES string of the molecule is Cc1cc(Br)c(C(=O)C2CC2)cc1C. The Balaban J connectivity index is 2.41. The van der Waals surface area contributed by atoms with E-state index in [4.69, 9.17) is 0 Å². The lowest BCUT2D eigenvalue weighted by Crippen LogP contribution is -2.03. The van der Waals surface area contributed by atoms with E-state index < -0.39 is 0 Å². The summed E-state index contributed by atoms with van der Waals surface area (Å²) in [4.78, 5) is 11.9. The molecule has 0 N–H and O–H groups in total. The molecule has 0 aromatic heterocycles. The Labute approximate surface area is 92.6 Å². The maximum Gasteiger partial charge on any atom is 0.167 e. The van der Waals surface area contributed by atoms with Crippen molar-refractivity contribution in [2.45, 2.75) is 26.7 Å². The van der Waals surface area contributed by atoms with Gasteiger partial charge in [0.1, 0.15) is 0 Å². The molecule has 1 saturated carbocycles. The maximum absolute atomic E-state index is 11.9. The molecule has 1 aliphatic carbocycles. The van der Waals surface area contributed by atoms with Gasteiger partial charge >= 0.3 is 0 Å². The quantitative estimate of drug-likeness (QED) is 0.735. The van der Waals surface area contributed by atoms with Gasteiger partial charge < -0.3 is 0 Å². The highest BCUT2D eigenvalue weighted by Gasteiger charge is 2.31. The van der Waals surface area contributed by atoms with Crippen LogP contribution in [0.1, 0.15) is 34.3 Å². The molecule has 2 rings (SSSR count). The first-order valence-corrected chi connectivity index (χ1v) is 5.70. The number of Topliss-reactive ketones (excluding diaryl/α,β-unsaturated/α-hetero) is 1. The van der Waals surface area contributed by atoms with Crippen molar-refractivity contribution < 1.29 is 4.79 Å². The van der Waals surface area contributed by atoms with Gasteiger partial charge in [-0.25, -0.2) is 0 Å². The summed E-state index contributed by atoms with van der Waals surface area (Å²) in [5.41, 5.74) is 3.28. The van der Waals surface area contributed by atoms with E-state index in [1.54, 1.807) is 0 Å². The molecule has 0 aliphatic heterocycles. The average Bonchev–Trinajstić information content (AvgIpc) is 2.93. The van der Waals surface area contributed by atoms with Gasteiger partial charge in [-0.05, 0) is 49.9 Å². The fraction of sp³-hybridized carbons (Fsp3) is 0.417. The predicted octanol–water partition coefficient (Wildman–Crippen LogP) is 3.66. The Hall–Kier alpha value is -0.630. The molecule has 0 heterocycles. The molecule has 1 aromatic rings. The van der Waals surface area contributed by atoms with Crippen LogP contribution in [0.5, 0.6) is 0 Å². The molecular formula is C12H13BrO. The normalized spacial score (nSPS) is 15.6. The minimum absolute atomic E-state index is 0.299. The zero-order valence-electron chi connectivity index (χ0n) is 8.43. The highest BCUT2D eigenvalue weighted by molar-refractivity contribution is 9.10. The van der Waals surface area contributed by atoms with Gasteiger partial charge in [-0.15, -0.1) is 0 Å². The molecule has 1 fully saturated rings. The van der Waals surface area contributed by atoms with Crippen LogP contribution < -0.4 is 0 Å². The molecule has 74 valence electrons. The highest BCUT2D eigenvalue weighted by atomic mass is 79.9. The third-order valence-electron chi connectivity index (χ3n) is 2.80. The smallest absolute Gasteiger partial charge is 0.167 e. The first-order chi connectivity index (χ1) is 6.59. The maximum atomic E-state index is 11.9. The van der Waals surface area contributed by atoms with Crippen molar-refractivity contribution in [2.24, 2.45) is 5.92 Å². The number of aryl methyl sites for hydroxylation is 2. The molecule has 0 atom stereocenters. The van der Waals surface area contributed by atoms with Crippen LogP contribution in [0.2, 0.25) is 0 Å². The standard InChI is InChI=1S/C12H13BrO/c1-7-5-10(11(13)6-8(7)2)12(14)9-3-4-9/h5-6,9H,3-4H2,1-2H3. The first kappa shape index (κ1) is 9.91. The molecule has 0 radical (unpaired) electrons. The van der Waals surface area contributed by atoms with E-state index in [-0.39, 0.29) is 0 Å². The number of carbonyl (C=O) groups excluding carboxylic acids is 1. The van der Waals surface area contributed by atoms with Crippen molar-refractivity contribution in [2.75, 3.05) is 0 Å². The number of hydrogen-bond donors (Lipinski definition) is 0. The number of benzene rings is 1. The van der Waals surface area contributed by atoms with E-state index >= 15 is 0 Å². The molecule has 0 bridgehead atoms. The largest absolute Gasteiger partial charge is 0.294 e. The van der Waals surface area contributed by atoms with E-state index in [1.165, 1.54) is 11.1 Å². The average molecular weight is 253 g/mol. The van der Waals surface area contributed by atoms with Gasteiger partial charge in [0.05, 0.1) is 0 Å². The summed E-state index contributed by atoms with van der Waals surface area (Å²) < 4.78 is 0.942. The van der Waals surface area contributed by atoms with Crippen molar-refractivity contribution in [1.82, 2.24) is 0 Å². The second kappa shape index (κ2) is 3.50. The Kier molecular flexibility index (Phi) is 2.48. The van der Waals surface area contributed by atoms with Gasteiger partial charge in [-0.2, -0.15) is 0 Å². The summed E-state index contributed by atoms with van der Waals surface area (Å²) >= 11 is 3.46. The molecule has 1 aromatic carbocycles. The van der Waals surface area contributed by atoms with Crippen LogP contribution in [0.25, 0.3) is 0 Å². The fourth-order valence-electron chi connectivity index (χ4n) is 1.54. The lowest BCUT2D eigenvalue weighted by atomic mass is 10.0. The van der Waals surface area contributed by atoms with E-state index in [1.807, 2.05) is 19.1 Å². The topological polar surface area (TPSA) is 17.1 Å². The molecule has 2 heteroatoms. The molecule has 0 unspecified atom stereocenters. The van der Waals surface area contributed by atoms with Gasteiger partial charge in [-0.1, -0.05) is 15.9 Å². The number of rotatable bonds is 2. The zero-order chi connectivity index (χ0) is 10.3. The van der Waals surface area contributed by atoms with E-state index in [2.05, 4.69) is 22.9 Å². The van der Waals surface area contributed by atoms with Crippen molar-refractivity contribution >= 4 is 21.7 Å². The van der Waals surface area contributed by atoms with Crippen molar-refractivity contribution in [3.05, 3.63) is 33.3 Å². The zero-order valence-corrected chi connectivity index (χ0v) is 10.0. The van der Waals surface area contributed by atoms with Crippen LogP contribution in [0.15, 0.2) is 16.6 Å². The van der Waals surface area contributed by atoms with Crippen molar-refractivity contribution in [3.63, 3.8) is 0 Å². The Morgan fingerprint density at radius 1 is 1.29 bits per heavy atom. The monoisotopic (exact) mass is 252 g/mol. The van der Waals surface area contributed by atoms with E-state index in [0.29, 0.717) is 11.7 Å². The second-order valence-electron chi connectivity index (χ2n) is 4.05. The number of carbonyl (C=O) groups is 1. The Morgan fingerprint density at radius 2 is 1.86 bits per heavy atom. The molecule has 0 saturated heterocycles. The molecular weight excluding hydrogens is 240 g/mol. The fourth-order valence-corrected chi connectivity index (χ4v) is 2.19. The van der Waals surface area contributed by atoms with E-state index in [9.17, 15) is 4.79 Å². The Morgan fingerprint density at radius 3 is 2.43 bits per heavy atom. The van der Waals surface area contributed by atoms with Gasteiger partial charge in [0.25, 0.3) is 0 Å². The third-order valence-corrected chi connectivity index (χ3v) is 3.45. The number of ketones is 1. The molecule has 1 nitrogen and oxygen atoms in total. The van der Waals surface area contributed by atoms with Gasteiger partial charge in [0, 0.05) is 16.0 Å². The summed E-state index contributed by atoms with van der Waals surface area (Å²) in [7, 11) is 0. The molecule has 14 heavy (non-hydrogen) atoms. The molecule has 0 amide bonds. The predicted molar refractivity (Wildman–Crippen MR) is 60.7 cm³/mol. The highest BCUT2D eigenvalue weighted by Crippen LogP contribution is 2.35. The lowest BCUT2D eigenvalue weighted by Gasteiger charge is -2.06. The van der Waals surface area contributed by atoms with Crippen molar-refractivity contribution in [3.8, 4) is 0 Å². The molecule has 1 aliphatic rings. The van der Waals surface area contributed by atoms with Crippen LogP contribution >= 0.6 is 15.9 Å². The second-order valence-corrected chi connectivity index (χ2v) is 4.91. The summed E-state index contributed by atoms with van der Waals surface area (Å²) in [5.74, 6) is 0.605. The first-order valence-electron chi connectivity index (χ1n) is 4.90. The summed E-state index contributed by atoms with van der Waals surface area (Å²) in [5, 5.41) is 0. The van der Waals surface area contributed by atoms with Crippen LogP contribution in [0.4, 0.5) is 0 Å². The molecule has 0 spiro atoms. The summed E-state index contributed by atoms with van der Waals surface area (Å²) in [6, 6.07) is 4.03. The van der Waals surface area contributed by atoms with Gasteiger partial charge in [-0.3, -0.25) is 4.79 Å².